The number of para-hydroxylation sites is 1. The molecule has 4 aromatic carbocycles. The lowest BCUT2D eigenvalue weighted by Gasteiger charge is -2.40. The molecule has 6 aromatic rings. The second-order valence-corrected chi connectivity index (χ2v) is 12.0. The largest absolute Gasteiger partial charge is 0.508 e. The predicted molar refractivity (Wildman–Crippen MR) is 179 cm³/mol. The van der Waals surface area contributed by atoms with E-state index < -0.39 is 5.69 Å². The van der Waals surface area contributed by atoms with E-state index in [1.807, 2.05) is 67.6 Å². The molecular formula is C37H34N4O4. The third-order valence-electron chi connectivity index (χ3n) is 8.90. The Labute approximate surface area is 260 Å². The number of amides is 1. The number of piperazine rings is 1. The highest BCUT2D eigenvalue weighted by atomic mass is 16.3. The van der Waals surface area contributed by atoms with Crippen molar-refractivity contribution in [3.05, 3.63) is 108 Å². The summed E-state index contributed by atoms with van der Waals surface area (Å²) < 4.78 is 7.95. The van der Waals surface area contributed by atoms with E-state index in [4.69, 9.17) is 9.40 Å². The van der Waals surface area contributed by atoms with E-state index in [-0.39, 0.29) is 23.6 Å². The molecule has 1 N–H and O–H groups in total. The molecule has 7 rings (SSSR count). The molecule has 1 fully saturated rings. The van der Waals surface area contributed by atoms with E-state index in [1.165, 1.54) is 6.08 Å². The number of hydrogen-bond donors (Lipinski definition) is 1. The molecule has 3 heterocycles. The lowest BCUT2D eigenvalue weighted by molar-refractivity contribution is -0.126. The Morgan fingerprint density at radius 3 is 2.56 bits per heavy atom. The number of fused-ring (bicyclic) bond motifs is 4. The van der Waals surface area contributed by atoms with Crippen LogP contribution in [0, 0.1) is 0 Å². The van der Waals surface area contributed by atoms with Crippen molar-refractivity contribution in [2.45, 2.75) is 32.7 Å². The van der Waals surface area contributed by atoms with Crippen LogP contribution in [0.15, 0.2) is 101 Å². The van der Waals surface area contributed by atoms with Gasteiger partial charge in [0, 0.05) is 31.1 Å². The molecule has 0 saturated carbocycles. The minimum absolute atomic E-state index is 0.114. The zero-order valence-electron chi connectivity index (χ0n) is 25.5. The van der Waals surface area contributed by atoms with Gasteiger partial charge in [0.2, 0.25) is 5.91 Å². The number of benzene rings is 4. The molecule has 0 spiro atoms. The van der Waals surface area contributed by atoms with Gasteiger partial charge in [0.25, 0.3) is 0 Å². The summed E-state index contributed by atoms with van der Waals surface area (Å²) in [6.07, 6.45) is 2.99. The second kappa shape index (κ2) is 11.0. The van der Waals surface area contributed by atoms with Gasteiger partial charge in [-0.2, -0.15) is 4.98 Å². The number of nitrogens with zero attached hydrogens (tertiary/aromatic N) is 4. The molecule has 0 unspecified atom stereocenters. The number of carbonyl (C=O) groups is 1. The molecule has 1 aliphatic rings. The minimum Gasteiger partial charge on any atom is -0.508 e. The van der Waals surface area contributed by atoms with E-state index in [0.29, 0.717) is 36.6 Å². The van der Waals surface area contributed by atoms with Crippen LogP contribution < -0.4 is 10.6 Å². The third kappa shape index (κ3) is 4.65. The molecule has 0 aliphatic carbocycles. The molecule has 0 bridgehead atoms. The Morgan fingerprint density at radius 2 is 1.78 bits per heavy atom. The van der Waals surface area contributed by atoms with Crippen LogP contribution in [0.25, 0.3) is 49.5 Å². The molecule has 45 heavy (non-hydrogen) atoms. The van der Waals surface area contributed by atoms with Gasteiger partial charge in [-0.1, -0.05) is 62.9 Å². The fraction of sp³-hybridized carbons (Fsp3) is 0.216. The van der Waals surface area contributed by atoms with Crippen LogP contribution in [0.3, 0.4) is 0 Å². The average molecular weight is 599 g/mol. The molecule has 1 saturated heterocycles. The van der Waals surface area contributed by atoms with Crippen LogP contribution in [-0.2, 0) is 4.79 Å². The summed E-state index contributed by atoms with van der Waals surface area (Å²) in [5, 5.41) is 14.2. The molecule has 8 heteroatoms. The zero-order valence-corrected chi connectivity index (χ0v) is 25.5. The average Bonchev–Trinajstić information content (AvgIpc) is 3.53. The zero-order chi connectivity index (χ0) is 31.4. The van der Waals surface area contributed by atoms with E-state index in [9.17, 15) is 14.7 Å². The number of phenolic OH excluding ortho intramolecular Hbond substituents is 1. The molecule has 8 nitrogen and oxygen atoms in total. The number of anilines is 1. The summed E-state index contributed by atoms with van der Waals surface area (Å²) in [6.45, 7) is 11.3. The smallest absolute Gasteiger partial charge is 0.354 e. The Bertz CT molecular complexity index is 2200. The highest BCUT2D eigenvalue weighted by molar-refractivity contribution is 6.17. The number of furan rings is 1. The van der Waals surface area contributed by atoms with Crippen molar-refractivity contribution in [1.82, 2.24) is 14.5 Å². The Kier molecular flexibility index (Phi) is 6.92. The topological polar surface area (TPSA) is 91.8 Å². The Balaban J connectivity index is 1.58. The van der Waals surface area contributed by atoms with E-state index in [2.05, 4.69) is 25.3 Å². The second-order valence-electron chi connectivity index (χ2n) is 12.0. The maximum atomic E-state index is 14.3. The van der Waals surface area contributed by atoms with Crippen molar-refractivity contribution < 1.29 is 14.3 Å². The normalized spacial score (nSPS) is 15.4. The molecule has 2 aromatic heterocycles. The van der Waals surface area contributed by atoms with Gasteiger partial charge in [-0.25, -0.2) is 4.79 Å². The number of carbonyl (C=O) groups excluding carboxylic acids is 1. The van der Waals surface area contributed by atoms with Crippen LogP contribution in [0.4, 0.5) is 5.82 Å². The first-order valence-electron chi connectivity index (χ1n) is 15.2. The maximum absolute atomic E-state index is 14.3. The SMILES string of the molecule is C=CC(=O)N1CCN(c2nc(=O)n(-c3ccccc3C(C)C)c3cc(-c4cc(O)cc5ccccc45)c4ccoc4c23)[C@@H](C)C1. The number of aromatic nitrogens is 2. The number of rotatable bonds is 5. The quantitative estimate of drug-likeness (QED) is 0.215. The summed E-state index contributed by atoms with van der Waals surface area (Å²) in [5.41, 5.74) is 4.29. The lowest BCUT2D eigenvalue weighted by atomic mass is 9.93. The van der Waals surface area contributed by atoms with Gasteiger partial charge in [0.05, 0.1) is 22.9 Å². The monoisotopic (exact) mass is 598 g/mol. The van der Waals surface area contributed by atoms with Gasteiger partial charge in [-0.15, -0.1) is 0 Å². The van der Waals surface area contributed by atoms with Gasteiger partial charge < -0.3 is 19.3 Å². The predicted octanol–water partition coefficient (Wildman–Crippen LogP) is 7.00. The van der Waals surface area contributed by atoms with Gasteiger partial charge in [0.1, 0.15) is 17.2 Å². The van der Waals surface area contributed by atoms with Crippen LogP contribution in [0.2, 0.25) is 0 Å². The number of phenols is 1. The summed E-state index contributed by atoms with van der Waals surface area (Å²) in [4.78, 5) is 35.3. The first-order chi connectivity index (χ1) is 21.8. The van der Waals surface area contributed by atoms with Gasteiger partial charge in [0.15, 0.2) is 0 Å². The Hall–Kier alpha value is -5.37. The number of aromatic hydroxyl groups is 1. The summed E-state index contributed by atoms with van der Waals surface area (Å²) in [7, 11) is 0. The summed E-state index contributed by atoms with van der Waals surface area (Å²) >= 11 is 0. The summed E-state index contributed by atoms with van der Waals surface area (Å²) in [6, 6.07) is 23.2. The third-order valence-corrected chi connectivity index (χ3v) is 8.90. The van der Waals surface area contributed by atoms with Crippen molar-refractivity contribution >= 4 is 44.4 Å². The van der Waals surface area contributed by atoms with Crippen molar-refractivity contribution in [3.63, 3.8) is 0 Å². The van der Waals surface area contributed by atoms with Crippen molar-refractivity contribution in [1.29, 1.82) is 0 Å². The van der Waals surface area contributed by atoms with Crippen LogP contribution >= 0.6 is 0 Å². The van der Waals surface area contributed by atoms with Crippen molar-refractivity contribution in [2.75, 3.05) is 24.5 Å². The molecule has 1 atom stereocenters. The van der Waals surface area contributed by atoms with E-state index in [1.54, 1.807) is 27.9 Å². The fourth-order valence-corrected chi connectivity index (χ4v) is 6.77. The van der Waals surface area contributed by atoms with Crippen LogP contribution in [0.1, 0.15) is 32.3 Å². The summed E-state index contributed by atoms with van der Waals surface area (Å²) in [5.74, 6) is 0.717. The molecule has 226 valence electrons. The van der Waals surface area contributed by atoms with E-state index in [0.717, 1.165) is 43.9 Å². The highest BCUT2D eigenvalue weighted by Crippen LogP contribution is 2.43. The highest BCUT2D eigenvalue weighted by Gasteiger charge is 2.31. The molecule has 1 aliphatic heterocycles. The van der Waals surface area contributed by atoms with Gasteiger partial charge >= 0.3 is 5.69 Å². The lowest BCUT2D eigenvalue weighted by Crippen LogP contribution is -2.54. The minimum atomic E-state index is -0.403. The van der Waals surface area contributed by atoms with Crippen molar-refractivity contribution in [2.24, 2.45) is 0 Å². The Morgan fingerprint density at radius 1 is 1.02 bits per heavy atom. The fourth-order valence-electron chi connectivity index (χ4n) is 6.77. The van der Waals surface area contributed by atoms with Crippen LogP contribution in [0.5, 0.6) is 5.75 Å². The molecule has 1 amide bonds. The molecular weight excluding hydrogens is 564 g/mol. The van der Waals surface area contributed by atoms with Gasteiger partial charge in [-0.05, 0) is 76.7 Å². The van der Waals surface area contributed by atoms with Gasteiger partial charge in [-0.3, -0.25) is 9.36 Å². The standard InChI is InChI=1S/C37H34N4O4/c1-5-33(43)39-15-16-40(23(4)21-39)36-34-32(41(37(44)38-36)31-13-9-8-11-26(31)22(2)3)20-30(28-14-17-45-35(28)34)29-19-25(42)18-24-10-6-7-12-27(24)29/h5-14,17-20,22-23,42H,1,15-16,21H2,2-4H3/t23-/m0/s1. The van der Waals surface area contributed by atoms with Crippen LogP contribution in [-0.4, -0.2) is 51.1 Å². The van der Waals surface area contributed by atoms with E-state index >= 15 is 0 Å². The molecule has 0 radical (unpaired) electrons. The first-order valence-corrected chi connectivity index (χ1v) is 15.2. The number of hydrogen-bond acceptors (Lipinski definition) is 6. The first kappa shape index (κ1) is 28.4. The maximum Gasteiger partial charge on any atom is 0.354 e. The van der Waals surface area contributed by atoms with Crippen molar-refractivity contribution in [3.8, 4) is 22.6 Å².